The van der Waals surface area contributed by atoms with Gasteiger partial charge < -0.3 is 0 Å². The van der Waals surface area contributed by atoms with Crippen molar-refractivity contribution in [1.82, 2.24) is 4.90 Å². The Bertz CT molecular complexity index is 534. The summed E-state index contributed by atoms with van der Waals surface area (Å²) in [6, 6.07) is 20.8. The van der Waals surface area contributed by atoms with Crippen LogP contribution in [0.25, 0.3) is 0 Å². The minimum absolute atomic E-state index is 0.332. The Hall–Kier alpha value is -1.93. The van der Waals surface area contributed by atoms with Gasteiger partial charge >= 0.3 is 0 Å². The van der Waals surface area contributed by atoms with E-state index in [0.717, 1.165) is 25.9 Å². The van der Waals surface area contributed by atoms with E-state index in [0.29, 0.717) is 18.2 Å². The second-order valence-electron chi connectivity index (χ2n) is 5.86. The van der Waals surface area contributed by atoms with Gasteiger partial charge in [-0.2, -0.15) is 0 Å². The summed E-state index contributed by atoms with van der Waals surface area (Å²) in [5.41, 5.74) is 2.52. The average Bonchev–Trinajstić information content (AvgIpc) is 3.34. The molecule has 0 atom stereocenters. The summed E-state index contributed by atoms with van der Waals surface area (Å²) in [6.45, 7) is 2.22. The summed E-state index contributed by atoms with van der Waals surface area (Å²) in [5.74, 6) is 0.737. The predicted molar refractivity (Wildman–Crippen MR) is 84.7 cm³/mol. The van der Waals surface area contributed by atoms with Gasteiger partial charge in [0.2, 0.25) is 0 Å². The number of Topliss-reactive ketones (excluding diaryl/α,β-unsaturated/α-hetero) is 1. The normalized spacial score (nSPS) is 14.3. The van der Waals surface area contributed by atoms with Crippen molar-refractivity contribution in [2.24, 2.45) is 5.92 Å². The van der Waals surface area contributed by atoms with Crippen LogP contribution in [0, 0.1) is 5.92 Å². The number of nitrogens with zero attached hydrogens (tertiary/aromatic N) is 1. The molecule has 2 aromatic rings. The standard InChI is InChI=1S/C19H21NO/c21-19(18-11-12-18)15-20(13-16-7-3-1-4-8-16)14-17-9-5-2-6-10-17/h1-10,18H,11-15H2. The molecule has 0 unspecified atom stereocenters. The van der Waals surface area contributed by atoms with Gasteiger partial charge in [-0.15, -0.1) is 0 Å². The summed E-state index contributed by atoms with van der Waals surface area (Å²) in [6.07, 6.45) is 2.17. The molecule has 2 heteroatoms. The van der Waals surface area contributed by atoms with E-state index in [2.05, 4.69) is 53.4 Å². The van der Waals surface area contributed by atoms with Crippen molar-refractivity contribution in [2.75, 3.05) is 6.54 Å². The molecule has 1 saturated carbocycles. The van der Waals surface area contributed by atoms with Crippen LogP contribution in [0.3, 0.4) is 0 Å². The number of benzene rings is 2. The monoisotopic (exact) mass is 279 g/mol. The molecule has 0 aliphatic heterocycles. The van der Waals surface area contributed by atoms with Crippen molar-refractivity contribution in [3.8, 4) is 0 Å². The van der Waals surface area contributed by atoms with Crippen LogP contribution in [0.15, 0.2) is 60.7 Å². The average molecular weight is 279 g/mol. The Morgan fingerprint density at radius 3 is 1.76 bits per heavy atom. The van der Waals surface area contributed by atoms with E-state index < -0.39 is 0 Å². The number of rotatable bonds is 7. The first-order valence-corrected chi connectivity index (χ1v) is 7.64. The van der Waals surface area contributed by atoms with Crippen molar-refractivity contribution in [1.29, 1.82) is 0 Å². The summed E-state index contributed by atoms with van der Waals surface area (Å²) in [5, 5.41) is 0. The van der Waals surface area contributed by atoms with E-state index in [-0.39, 0.29) is 0 Å². The highest BCUT2D eigenvalue weighted by Crippen LogP contribution is 2.30. The number of hydrogen-bond acceptors (Lipinski definition) is 2. The first-order chi connectivity index (χ1) is 10.3. The van der Waals surface area contributed by atoms with Crippen LogP contribution in [0.2, 0.25) is 0 Å². The minimum atomic E-state index is 0.332. The first-order valence-electron chi connectivity index (χ1n) is 7.64. The fraction of sp³-hybridized carbons (Fsp3) is 0.316. The summed E-state index contributed by atoms with van der Waals surface area (Å²) >= 11 is 0. The lowest BCUT2D eigenvalue weighted by molar-refractivity contribution is -0.121. The van der Waals surface area contributed by atoms with Gasteiger partial charge in [0.05, 0.1) is 6.54 Å². The molecule has 0 bridgehead atoms. The number of carbonyl (C=O) groups excluding carboxylic acids is 1. The maximum atomic E-state index is 12.2. The van der Waals surface area contributed by atoms with Crippen molar-refractivity contribution in [3.05, 3.63) is 71.8 Å². The topological polar surface area (TPSA) is 20.3 Å². The Labute approximate surface area is 126 Å². The van der Waals surface area contributed by atoms with Gasteiger partial charge in [-0.25, -0.2) is 0 Å². The summed E-state index contributed by atoms with van der Waals surface area (Å²) in [7, 11) is 0. The third kappa shape index (κ3) is 4.27. The van der Waals surface area contributed by atoms with Gasteiger partial charge in [0, 0.05) is 19.0 Å². The highest BCUT2D eigenvalue weighted by Gasteiger charge is 2.30. The molecule has 0 N–H and O–H groups in total. The molecule has 108 valence electrons. The van der Waals surface area contributed by atoms with E-state index in [4.69, 9.17) is 0 Å². The van der Waals surface area contributed by atoms with Gasteiger partial charge in [0.15, 0.2) is 0 Å². The molecule has 21 heavy (non-hydrogen) atoms. The molecule has 1 aliphatic carbocycles. The Morgan fingerprint density at radius 1 is 0.857 bits per heavy atom. The Kier molecular flexibility index (Phi) is 4.46. The maximum Gasteiger partial charge on any atom is 0.149 e. The van der Waals surface area contributed by atoms with Crippen LogP contribution < -0.4 is 0 Å². The molecule has 3 rings (SSSR count). The number of hydrogen-bond donors (Lipinski definition) is 0. The third-order valence-electron chi connectivity index (χ3n) is 3.91. The molecule has 0 aromatic heterocycles. The van der Waals surface area contributed by atoms with Crippen LogP contribution in [0.4, 0.5) is 0 Å². The highest BCUT2D eigenvalue weighted by molar-refractivity contribution is 5.85. The van der Waals surface area contributed by atoms with Gasteiger partial charge in [0.25, 0.3) is 0 Å². The summed E-state index contributed by atoms with van der Waals surface area (Å²) < 4.78 is 0. The Morgan fingerprint density at radius 2 is 1.33 bits per heavy atom. The Balaban J connectivity index is 1.68. The fourth-order valence-electron chi connectivity index (χ4n) is 2.61. The van der Waals surface area contributed by atoms with Gasteiger partial charge in [-0.05, 0) is 24.0 Å². The molecule has 0 saturated heterocycles. The number of carbonyl (C=O) groups is 1. The molecule has 1 aliphatic rings. The summed E-state index contributed by atoms with van der Waals surface area (Å²) in [4.78, 5) is 14.4. The zero-order valence-electron chi connectivity index (χ0n) is 12.2. The van der Waals surface area contributed by atoms with Crippen molar-refractivity contribution in [2.45, 2.75) is 25.9 Å². The van der Waals surface area contributed by atoms with E-state index in [9.17, 15) is 4.79 Å². The van der Waals surface area contributed by atoms with Crippen molar-refractivity contribution in [3.63, 3.8) is 0 Å². The van der Waals surface area contributed by atoms with Crippen LogP contribution in [0.5, 0.6) is 0 Å². The highest BCUT2D eigenvalue weighted by atomic mass is 16.1. The SMILES string of the molecule is O=C(CN(Cc1ccccc1)Cc1ccccc1)C1CC1. The minimum Gasteiger partial charge on any atom is -0.298 e. The van der Waals surface area contributed by atoms with Crippen molar-refractivity contribution >= 4 is 5.78 Å². The first kappa shape index (κ1) is 14.0. The fourth-order valence-corrected chi connectivity index (χ4v) is 2.61. The molecule has 2 nitrogen and oxygen atoms in total. The lowest BCUT2D eigenvalue weighted by Crippen LogP contribution is -2.30. The largest absolute Gasteiger partial charge is 0.298 e. The maximum absolute atomic E-state index is 12.2. The smallest absolute Gasteiger partial charge is 0.149 e. The molecule has 1 fully saturated rings. The molecule has 0 heterocycles. The lowest BCUT2D eigenvalue weighted by atomic mass is 10.1. The van der Waals surface area contributed by atoms with E-state index in [1.807, 2.05) is 12.1 Å². The molecule has 0 spiro atoms. The second kappa shape index (κ2) is 6.68. The molecular formula is C19H21NO. The van der Waals surface area contributed by atoms with Crippen LogP contribution in [-0.2, 0) is 17.9 Å². The van der Waals surface area contributed by atoms with E-state index in [1.54, 1.807) is 0 Å². The van der Waals surface area contributed by atoms with Crippen LogP contribution in [-0.4, -0.2) is 17.2 Å². The van der Waals surface area contributed by atoms with Gasteiger partial charge in [-0.1, -0.05) is 60.7 Å². The molecule has 0 amide bonds. The van der Waals surface area contributed by atoms with Crippen LogP contribution >= 0.6 is 0 Å². The lowest BCUT2D eigenvalue weighted by Gasteiger charge is -2.22. The third-order valence-corrected chi connectivity index (χ3v) is 3.91. The van der Waals surface area contributed by atoms with Gasteiger partial charge in [-0.3, -0.25) is 9.69 Å². The zero-order valence-corrected chi connectivity index (χ0v) is 12.2. The van der Waals surface area contributed by atoms with Crippen molar-refractivity contribution < 1.29 is 4.79 Å². The zero-order chi connectivity index (χ0) is 14.5. The molecule has 2 aromatic carbocycles. The van der Waals surface area contributed by atoms with E-state index in [1.165, 1.54) is 11.1 Å². The number of ketones is 1. The quantitative estimate of drug-likeness (QED) is 0.771. The van der Waals surface area contributed by atoms with E-state index >= 15 is 0 Å². The van der Waals surface area contributed by atoms with Gasteiger partial charge in [0.1, 0.15) is 5.78 Å². The molecular weight excluding hydrogens is 258 g/mol. The predicted octanol–water partition coefficient (Wildman–Crippen LogP) is 3.67. The second-order valence-corrected chi connectivity index (χ2v) is 5.86. The van der Waals surface area contributed by atoms with Crippen LogP contribution in [0.1, 0.15) is 24.0 Å². The molecule has 0 radical (unpaired) electrons.